The van der Waals surface area contributed by atoms with Crippen molar-refractivity contribution < 1.29 is 0 Å². The van der Waals surface area contributed by atoms with Crippen molar-refractivity contribution in [2.45, 2.75) is 0 Å². The molecule has 0 saturated heterocycles. The molecule has 2 aromatic carbocycles. The van der Waals surface area contributed by atoms with Crippen molar-refractivity contribution >= 4 is 24.9 Å². The predicted molar refractivity (Wildman–Crippen MR) is 64.7 cm³/mol. The van der Waals surface area contributed by atoms with Crippen LogP contribution in [-0.4, -0.2) is 0 Å². The van der Waals surface area contributed by atoms with E-state index in [1.54, 1.807) is 0 Å². The van der Waals surface area contributed by atoms with Gasteiger partial charge in [-0.15, -0.1) is 0 Å². The van der Waals surface area contributed by atoms with Gasteiger partial charge in [0.05, 0.1) is 11.4 Å². The van der Waals surface area contributed by atoms with Gasteiger partial charge in [0, 0.05) is 13.5 Å². The van der Waals surface area contributed by atoms with Crippen LogP contribution < -0.4 is 0 Å². The number of rotatable bonds is 2. The highest BCUT2D eigenvalue weighted by molar-refractivity contribution is 7.59. The van der Waals surface area contributed by atoms with Gasteiger partial charge in [-0.2, -0.15) is 10.2 Å². The van der Waals surface area contributed by atoms with Crippen molar-refractivity contribution in [1.29, 1.82) is 0 Å². The molecule has 0 unspecified atom stereocenters. The van der Waals surface area contributed by atoms with Crippen molar-refractivity contribution in [3.05, 3.63) is 60.7 Å². The number of azo groups is 1. The van der Waals surface area contributed by atoms with E-state index in [4.69, 9.17) is 0 Å². The average Bonchev–Trinajstić information content (AvgIpc) is 2.29. The van der Waals surface area contributed by atoms with Crippen LogP contribution in [-0.2, 0) is 0 Å². The molecule has 2 radical (unpaired) electrons. The lowest BCUT2D eigenvalue weighted by atomic mass is 10.3. The fraction of sp³-hybridized carbons (Fsp3) is 0. The number of hydrogen-bond donors (Lipinski definition) is 0. The molecule has 0 heterocycles. The van der Waals surface area contributed by atoms with Crippen molar-refractivity contribution in [2.24, 2.45) is 10.2 Å². The molecule has 15 heavy (non-hydrogen) atoms. The van der Waals surface area contributed by atoms with Gasteiger partial charge < -0.3 is 0 Å². The summed E-state index contributed by atoms with van der Waals surface area (Å²) in [7, 11) is 0. The second-order valence-corrected chi connectivity index (χ2v) is 2.87. The Morgan fingerprint density at radius 3 is 1.20 bits per heavy atom. The van der Waals surface area contributed by atoms with Gasteiger partial charge >= 0.3 is 0 Å². The highest BCUT2D eigenvalue weighted by Crippen LogP contribution is 2.16. The zero-order valence-corrected chi connectivity index (χ0v) is 8.89. The second-order valence-electron chi connectivity index (χ2n) is 2.87. The third-order valence-electron chi connectivity index (χ3n) is 1.79. The van der Waals surface area contributed by atoms with Gasteiger partial charge in [0.25, 0.3) is 0 Å². The molecule has 3 heteroatoms. The fourth-order valence-corrected chi connectivity index (χ4v) is 1.10. The lowest BCUT2D eigenvalue weighted by Crippen LogP contribution is -1.62. The lowest BCUT2D eigenvalue weighted by molar-refractivity contribution is 1.23. The van der Waals surface area contributed by atoms with Crippen molar-refractivity contribution in [3.63, 3.8) is 0 Å². The van der Waals surface area contributed by atoms with Crippen LogP contribution in [0.2, 0.25) is 0 Å². The normalized spacial score (nSPS) is 9.87. The molecule has 2 rings (SSSR count). The lowest BCUT2D eigenvalue weighted by Gasteiger charge is -1.91. The van der Waals surface area contributed by atoms with E-state index in [9.17, 15) is 0 Å². The molecule has 0 fully saturated rings. The summed E-state index contributed by atoms with van der Waals surface area (Å²) in [6.45, 7) is 0. The summed E-state index contributed by atoms with van der Waals surface area (Å²) >= 11 is 0. The van der Waals surface area contributed by atoms with E-state index in [0.29, 0.717) is 0 Å². The molecular weight excluding hydrogens is 204 g/mol. The summed E-state index contributed by atoms with van der Waals surface area (Å²) < 4.78 is 0. The molecule has 0 aliphatic carbocycles. The predicted octanol–water partition coefficient (Wildman–Crippen LogP) is 4.75. The zero-order chi connectivity index (χ0) is 9.64. The van der Waals surface area contributed by atoms with Crippen LogP contribution in [0.15, 0.2) is 70.9 Å². The van der Waals surface area contributed by atoms with Crippen LogP contribution in [0, 0.1) is 0 Å². The van der Waals surface area contributed by atoms with Crippen LogP contribution in [0.3, 0.4) is 0 Å². The summed E-state index contributed by atoms with van der Waals surface area (Å²) in [5.74, 6) is 0. The largest absolute Gasteiger partial charge is 0.151 e. The first-order valence-corrected chi connectivity index (χ1v) is 4.47. The van der Waals surface area contributed by atoms with E-state index >= 15 is 0 Å². The van der Waals surface area contributed by atoms with Gasteiger partial charge in [0.1, 0.15) is 0 Å². The highest BCUT2D eigenvalue weighted by atomic mass is 32.1. The molecule has 2 aromatic rings. The maximum absolute atomic E-state index is 4.10. The van der Waals surface area contributed by atoms with Gasteiger partial charge in [0.2, 0.25) is 0 Å². The maximum Gasteiger partial charge on any atom is 0.0857 e. The monoisotopic (exact) mass is 214 g/mol. The standard InChI is InChI=1S/C12H10N2.S/c1-3-7-11(8-4-1)13-14-12-9-5-2-6-10-12;/h1-10H;. The fourth-order valence-electron chi connectivity index (χ4n) is 1.10. The first kappa shape index (κ1) is 11.5. The van der Waals surface area contributed by atoms with Crippen molar-refractivity contribution in [2.75, 3.05) is 0 Å². The van der Waals surface area contributed by atoms with Gasteiger partial charge in [-0.25, -0.2) is 0 Å². The Labute approximate surface area is 96.1 Å². The molecule has 0 N–H and O–H groups in total. The summed E-state index contributed by atoms with van der Waals surface area (Å²) in [5.41, 5.74) is 1.74. The number of benzene rings is 2. The molecular formula is C12H10N2S. The Morgan fingerprint density at radius 1 is 0.533 bits per heavy atom. The molecule has 0 saturated carbocycles. The van der Waals surface area contributed by atoms with E-state index in [0.717, 1.165) is 11.4 Å². The van der Waals surface area contributed by atoms with Crippen molar-refractivity contribution in [1.82, 2.24) is 0 Å². The average molecular weight is 214 g/mol. The van der Waals surface area contributed by atoms with E-state index in [1.807, 2.05) is 60.7 Å². The van der Waals surface area contributed by atoms with Crippen LogP contribution >= 0.6 is 13.5 Å². The first-order chi connectivity index (χ1) is 6.95. The van der Waals surface area contributed by atoms with E-state index in [1.165, 1.54) is 0 Å². The maximum atomic E-state index is 4.10. The third-order valence-corrected chi connectivity index (χ3v) is 1.79. The zero-order valence-electron chi connectivity index (χ0n) is 8.08. The smallest absolute Gasteiger partial charge is 0.0857 e. The van der Waals surface area contributed by atoms with E-state index < -0.39 is 0 Å². The minimum absolute atomic E-state index is 0. The Morgan fingerprint density at radius 2 is 0.867 bits per heavy atom. The Balaban J connectivity index is 0.00000112. The minimum Gasteiger partial charge on any atom is -0.151 e. The summed E-state index contributed by atoms with van der Waals surface area (Å²) in [6.07, 6.45) is 0. The van der Waals surface area contributed by atoms with E-state index in [-0.39, 0.29) is 13.5 Å². The quantitative estimate of drug-likeness (QED) is 0.644. The Bertz CT molecular complexity index is 371. The molecule has 0 spiro atoms. The first-order valence-electron chi connectivity index (χ1n) is 4.47. The van der Waals surface area contributed by atoms with E-state index in [2.05, 4.69) is 10.2 Å². The molecule has 0 aliphatic rings. The van der Waals surface area contributed by atoms with Crippen molar-refractivity contribution in [3.8, 4) is 0 Å². The van der Waals surface area contributed by atoms with Crippen LogP contribution in [0.5, 0.6) is 0 Å². The van der Waals surface area contributed by atoms with Crippen LogP contribution in [0.1, 0.15) is 0 Å². The van der Waals surface area contributed by atoms with Gasteiger partial charge in [0.15, 0.2) is 0 Å². The van der Waals surface area contributed by atoms with Crippen LogP contribution in [0.4, 0.5) is 11.4 Å². The second kappa shape index (κ2) is 5.98. The number of nitrogens with zero attached hydrogens (tertiary/aromatic N) is 2. The molecule has 0 aliphatic heterocycles. The highest BCUT2D eigenvalue weighted by Gasteiger charge is 1.86. The Kier molecular flexibility index (Phi) is 4.57. The summed E-state index contributed by atoms with van der Waals surface area (Å²) in [5, 5.41) is 8.20. The molecule has 74 valence electrons. The molecule has 0 aromatic heterocycles. The topological polar surface area (TPSA) is 24.7 Å². The molecule has 2 nitrogen and oxygen atoms in total. The third kappa shape index (κ3) is 3.56. The molecule has 0 amide bonds. The molecule has 0 atom stereocenters. The Hall–Kier alpha value is -1.61. The summed E-state index contributed by atoms with van der Waals surface area (Å²) in [6, 6.07) is 19.4. The SMILES string of the molecule is [S].c1ccc(N=Nc2ccccc2)cc1. The van der Waals surface area contributed by atoms with Gasteiger partial charge in [-0.1, -0.05) is 36.4 Å². The van der Waals surface area contributed by atoms with Crippen LogP contribution in [0.25, 0.3) is 0 Å². The van der Waals surface area contributed by atoms with Gasteiger partial charge in [-0.05, 0) is 24.3 Å². The minimum atomic E-state index is 0. The number of hydrogen-bond acceptors (Lipinski definition) is 2. The van der Waals surface area contributed by atoms with Gasteiger partial charge in [-0.3, -0.25) is 0 Å². The summed E-state index contributed by atoms with van der Waals surface area (Å²) in [4.78, 5) is 0. The molecule has 0 bridgehead atoms.